The van der Waals surface area contributed by atoms with Gasteiger partial charge in [0.1, 0.15) is 17.5 Å². The number of aromatic nitrogens is 1. The number of thiophene rings is 1. The minimum absolute atomic E-state index is 0.0528. The van der Waals surface area contributed by atoms with Crippen molar-refractivity contribution < 1.29 is 4.92 Å². The Morgan fingerprint density at radius 1 is 1.29 bits per heavy atom. The normalized spacial score (nSPS) is 10.3. The number of rotatable bonds is 3. The molecule has 0 radical (unpaired) electrons. The van der Waals surface area contributed by atoms with E-state index in [1.54, 1.807) is 24.3 Å². The summed E-state index contributed by atoms with van der Waals surface area (Å²) in [6.07, 6.45) is 0. The first-order chi connectivity index (χ1) is 11.5. The van der Waals surface area contributed by atoms with Crippen LogP contribution in [-0.4, -0.2) is 9.91 Å². The van der Waals surface area contributed by atoms with Crippen LogP contribution in [0.15, 0.2) is 41.8 Å². The molecule has 0 amide bonds. The summed E-state index contributed by atoms with van der Waals surface area (Å²) >= 11 is 1.49. The third-order valence-corrected chi connectivity index (χ3v) is 4.69. The van der Waals surface area contributed by atoms with Gasteiger partial charge in [-0.2, -0.15) is 5.26 Å². The molecular weight excluding hydrogens is 324 g/mol. The Morgan fingerprint density at radius 3 is 2.67 bits per heavy atom. The average Bonchev–Trinajstić information content (AvgIpc) is 3.00. The predicted octanol–water partition coefficient (Wildman–Crippen LogP) is 4.15. The maximum absolute atomic E-state index is 11.3. The first-order valence-electron chi connectivity index (χ1n) is 7.01. The summed E-state index contributed by atoms with van der Waals surface area (Å²) in [5, 5.41) is 22.6. The first kappa shape index (κ1) is 15.6. The molecule has 2 heterocycles. The van der Waals surface area contributed by atoms with Crippen molar-refractivity contribution in [2.75, 3.05) is 5.73 Å². The van der Waals surface area contributed by atoms with Crippen molar-refractivity contribution in [3.8, 4) is 27.8 Å². The number of nitrogens with zero attached hydrogens (tertiary/aromatic N) is 3. The van der Waals surface area contributed by atoms with E-state index in [1.165, 1.54) is 17.4 Å². The number of hydrogen-bond donors (Lipinski definition) is 1. The Labute approximate surface area is 142 Å². The van der Waals surface area contributed by atoms with Gasteiger partial charge in [0.05, 0.1) is 16.2 Å². The fourth-order valence-electron chi connectivity index (χ4n) is 2.50. The lowest BCUT2D eigenvalue weighted by Gasteiger charge is -2.10. The lowest BCUT2D eigenvalue weighted by molar-refractivity contribution is -0.384. The Balaban J connectivity index is 2.30. The Bertz CT molecular complexity index is 988. The molecule has 0 atom stereocenters. The lowest BCUT2D eigenvalue weighted by atomic mass is 10.0. The number of nitrogen functional groups attached to an aromatic ring is 1. The predicted molar refractivity (Wildman–Crippen MR) is 93.5 cm³/mol. The summed E-state index contributed by atoms with van der Waals surface area (Å²) in [7, 11) is 0. The second-order valence-electron chi connectivity index (χ2n) is 5.13. The van der Waals surface area contributed by atoms with E-state index in [0.29, 0.717) is 16.8 Å². The molecule has 0 aliphatic heterocycles. The van der Waals surface area contributed by atoms with Crippen molar-refractivity contribution in [1.29, 1.82) is 5.26 Å². The highest BCUT2D eigenvalue weighted by molar-refractivity contribution is 7.13. The van der Waals surface area contributed by atoms with Crippen LogP contribution < -0.4 is 5.73 Å². The van der Waals surface area contributed by atoms with Gasteiger partial charge >= 0.3 is 0 Å². The van der Waals surface area contributed by atoms with Gasteiger partial charge in [0.25, 0.3) is 5.69 Å². The van der Waals surface area contributed by atoms with Crippen LogP contribution >= 0.6 is 11.3 Å². The van der Waals surface area contributed by atoms with Gasteiger partial charge in [-0.1, -0.05) is 12.1 Å². The molecule has 2 aromatic heterocycles. The summed E-state index contributed by atoms with van der Waals surface area (Å²) < 4.78 is 0. The number of nitro benzene ring substituents is 1. The number of para-hydroxylation sites is 1. The van der Waals surface area contributed by atoms with Crippen molar-refractivity contribution in [2.45, 2.75) is 6.92 Å². The van der Waals surface area contributed by atoms with Gasteiger partial charge in [0.15, 0.2) is 0 Å². The van der Waals surface area contributed by atoms with E-state index in [2.05, 4.69) is 11.1 Å². The van der Waals surface area contributed by atoms with Gasteiger partial charge in [0.2, 0.25) is 0 Å². The zero-order valence-electron chi connectivity index (χ0n) is 12.7. The second-order valence-corrected chi connectivity index (χ2v) is 6.05. The number of nitro groups is 1. The standard InChI is InChI=1S/C17H12N4O2S/c1-10-6-7-24-16(10)12-8-14(20-17(19)13(12)9-18)11-4-2-3-5-15(11)21(22)23/h2-8H,1H3,(H2,19,20). The monoisotopic (exact) mass is 336 g/mol. The van der Waals surface area contributed by atoms with E-state index in [4.69, 9.17) is 5.73 Å². The van der Waals surface area contributed by atoms with Crippen LogP contribution in [0, 0.1) is 28.4 Å². The van der Waals surface area contributed by atoms with Crippen molar-refractivity contribution in [1.82, 2.24) is 4.98 Å². The highest BCUT2D eigenvalue weighted by atomic mass is 32.1. The third-order valence-electron chi connectivity index (χ3n) is 3.64. The maximum atomic E-state index is 11.3. The van der Waals surface area contributed by atoms with Crippen LogP contribution in [0.1, 0.15) is 11.1 Å². The van der Waals surface area contributed by atoms with Crippen LogP contribution in [0.25, 0.3) is 21.7 Å². The number of nitriles is 1. The molecule has 6 nitrogen and oxygen atoms in total. The van der Waals surface area contributed by atoms with Crippen LogP contribution in [0.3, 0.4) is 0 Å². The van der Waals surface area contributed by atoms with Gasteiger partial charge in [-0.25, -0.2) is 4.98 Å². The molecule has 3 aromatic rings. The highest BCUT2D eigenvalue weighted by Crippen LogP contribution is 2.37. The summed E-state index contributed by atoms with van der Waals surface area (Å²) in [6, 6.07) is 12.1. The van der Waals surface area contributed by atoms with Crippen molar-refractivity contribution in [3.05, 3.63) is 63.0 Å². The Morgan fingerprint density at radius 2 is 2.04 bits per heavy atom. The average molecular weight is 336 g/mol. The number of aryl methyl sites for hydroxylation is 1. The number of nitrogens with two attached hydrogens (primary N) is 1. The van der Waals surface area contributed by atoms with Crippen molar-refractivity contribution >= 4 is 22.8 Å². The largest absolute Gasteiger partial charge is 0.383 e. The molecule has 0 bridgehead atoms. The first-order valence-corrected chi connectivity index (χ1v) is 7.89. The molecule has 0 saturated heterocycles. The number of pyridine rings is 1. The lowest BCUT2D eigenvalue weighted by Crippen LogP contribution is -2.01. The molecule has 1 aromatic carbocycles. The minimum Gasteiger partial charge on any atom is -0.383 e. The van der Waals surface area contributed by atoms with Crippen LogP contribution in [-0.2, 0) is 0 Å². The smallest absolute Gasteiger partial charge is 0.278 e. The molecule has 0 aliphatic rings. The van der Waals surface area contributed by atoms with Crippen LogP contribution in [0.5, 0.6) is 0 Å². The third kappa shape index (κ3) is 2.59. The van der Waals surface area contributed by atoms with E-state index in [9.17, 15) is 15.4 Å². The van der Waals surface area contributed by atoms with Crippen molar-refractivity contribution in [2.24, 2.45) is 0 Å². The molecule has 118 valence electrons. The SMILES string of the molecule is Cc1ccsc1-c1cc(-c2ccccc2[N+](=O)[O-])nc(N)c1C#N. The molecule has 0 aliphatic carbocycles. The van der Waals surface area contributed by atoms with E-state index in [-0.39, 0.29) is 17.1 Å². The molecule has 0 spiro atoms. The van der Waals surface area contributed by atoms with Crippen LogP contribution in [0.2, 0.25) is 0 Å². The number of anilines is 1. The van der Waals surface area contributed by atoms with E-state index < -0.39 is 4.92 Å². The van der Waals surface area contributed by atoms with E-state index in [1.807, 2.05) is 18.4 Å². The Kier molecular flexibility index (Phi) is 3.98. The Hall–Kier alpha value is -3.24. The van der Waals surface area contributed by atoms with E-state index in [0.717, 1.165) is 10.4 Å². The maximum Gasteiger partial charge on any atom is 0.278 e. The molecule has 0 saturated carbocycles. The number of benzene rings is 1. The van der Waals surface area contributed by atoms with E-state index >= 15 is 0 Å². The molecule has 24 heavy (non-hydrogen) atoms. The minimum atomic E-state index is -0.457. The molecular formula is C17H12N4O2S. The molecule has 0 unspecified atom stereocenters. The summed E-state index contributed by atoms with van der Waals surface area (Å²) in [5.41, 5.74) is 8.58. The summed E-state index contributed by atoms with van der Waals surface area (Å²) in [4.78, 5) is 15.9. The van der Waals surface area contributed by atoms with Gasteiger partial charge in [0, 0.05) is 16.5 Å². The zero-order valence-corrected chi connectivity index (χ0v) is 13.5. The van der Waals surface area contributed by atoms with Gasteiger partial charge in [-0.15, -0.1) is 11.3 Å². The van der Waals surface area contributed by atoms with Gasteiger partial charge in [-0.3, -0.25) is 10.1 Å². The molecule has 7 heteroatoms. The summed E-state index contributed by atoms with van der Waals surface area (Å²) in [5.74, 6) is 0.0657. The van der Waals surface area contributed by atoms with Gasteiger partial charge < -0.3 is 5.73 Å². The summed E-state index contributed by atoms with van der Waals surface area (Å²) in [6.45, 7) is 1.94. The fourth-order valence-corrected chi connectivity index (χ4v) is 3.45. The number of hydrogen-bond acceptors (Lipinski definition) is 6. The fraction of sp³-hybridized carbons (Fsp3) is 0.0588. The quantitative estimate of drug-likeness (QED) is 0.571. The zero-order chi connectivity index (χ0) is 17.3. The molecule has 3 rings (SSSR count). The highest BCUT2D eigenvalue weighted by Gasteiger charge is 2.20. The van der Waals surface area contributed by atoms with Crippen LogP contribution in [0.4, 0.5) is 11.5 Å². The van der Waals surface area contributed by atoms with Gasteiger partial charge in [-0.05, 0) is 36.1 Å². The topological polar surface area (TPSA) is 106 Å². The van der Waals surface area contributed by atoms with Crippen molar-refractivity contribution in [3.63, 3.8) is 0 Å². The second kappa shape index (κ2) is 6.10. The molecule has 0 fully saturated rings. The molecule has 2 N–H and O–H groups in total.